The van der Waals surface area contributed by atoms with Gasteiger partial charge in [-0.15, -0.1) is 0 Å². The molecule has 3 aromatic carbocycles. The fraction of sp³-hybridized carbons (Fsp3) is 0.0952. The van der Waals surface area contributed by atoms with Crippen LogP contribution in [0.3, 0.4) is 0 Å². The highest BCUT2D eigenvalue weighted by Gasteiger charge is 2.20. The van der Waals surface area contributed by atoms with Gasteiger partial charge in [0.05, 0.1) is 17.0 Å². The fourth-order valence-corrected chi connectivity index (χ4v) is 3.75. The van der Waals surface area contributed by atoms with Crippen molar-refractivity contribution in [3.05, 3.63) is 89.5 Å². The van der Waals surface area contributed by atoms with Gasteiger partial charge in [0.1, 0.15) is 11.6 Å². The van der Waals surface area contributed by atoms with Gasteiger partial charge in [-0.25, -0.2) is 21.9 Å². The molecule has 0 aliphatic heterocycles. The summed E-state index contributed by atoms with van der Waals surface area (Å²) < 4.78 is 54.7. The number of hydrogen-bond acceptors (Lipinski definition) is 3. The molecule has 0 bridgehead atoms. The smallest absolute Gasteiger partial charge is 0.240 e. The van der Waals surface area contributed by atoms with E-state index in [-0.39, 0.29) is 16.0 Å². The van der Waals surface area contributed by atoms with E-state index in [2.05, 4.69) is 4.72 Å². The van der Waals surface area contributed by atoms with Gasteiger partial charge in [-0.2, -0.15) is 0 Å². The molecule has 0 saturated heterocycles. The highest BCUT2D eigenvalue weighted by molar-refractivity contribution is 7.89. The third-order valence-electron chi connectivity index (χ3n) is 4.19. The second-order valence-corrected chi connectivity index (χ2v) is 7.99. The molecule has 0 aromatic heterocycles. The van der Waals surface area contributed by atoms with Crippen LogP contribution >= 0.6 is 0 Å². The molecule has 28 heavy (non-hydrogen) atoms. The van der Waals surface area contributed by atoms with E-state index in [1.807, 2.05) is 0 Å². The first-order chi connectivity index (χ1) is 13.3. The third kappa shape index (κ3) is 4.32. The monoisotopic (exact) mass is 401 g/mol. The van der Waals surface area contributed by atoms with Crippen molar-refractivity contribution in [3.8, 4) is 11.1 Å². The number of nitrogens with one attached hydrogen (secondary N) is 1. The Kier molecular flexibility index (Phi) is 5.67. The zero-order valence-corrected chi connectivity index (χ0v) is 15.8. The normalized spacial score (nSPS) is 11.4. The van der Waals surface area contributed by atoms with Gasteiger partial charge in [-0.05, 0) is 60.0 Å². The molecule has 0 amide bonds. The van der Waals surface area contributed by atoms with Crippen molar-refractivity contribution in [2.24, 2.45) is 0 Å². The predicted octanol–water partition coefficient (Wildman–Crippen LogP) is 4.10. The number of Topliss-reactive ketones (excluding diaryl/α,β-unsaturated/α-hetero) is 1. The van der Waals surface area contributed by atoms with Crippen LogP contribution in [0.4, 0.5) is 8.78 Å². The molecule has 1 N–H and O–H groups in total. The minimum absolute atomic E-state index is 0.00737. The Balaban J connectivity index is 1.87. The zero-order chi connectivity index (χ0) is 20.3. The molecule has 4 nitrogen and oxygen atoms in total. The van der Waals surface area contributed by atoms with E-state index >= 15 is 0 Å². The first kappa shape index (κ1) is 19.9. The van der Waals surface area contributed by atoms with Gasteiger partial charge in [-0.3, -0.25) is 4.79 Å². The summed E-state index contributed by atoms with van der Waals surface area (Å²) in [6.07, 6.45) is 0. The Morgan fingerprint density at radius 3 is 2.32 bits per heavy atom. The number of benzene rings is 3. The molecule has 3 rings (SSSR count). The first-order valence-electron chi connectivity index (χ1n) is 8.42. The minimum Gasteiger partial charge on any atom is -0.293 e. The second kappa shape index (κ2) is 8.00. The lowest BCUT2D eigenvalue weighted by atomic mass is 9.97. The molecule has 0 heterocycles. The molecule has 0 spiro atoms. The summed E-state index contributed by atoms with van der Waals surface area (Å²) >= 11 is 0. The molecule has 0 atom stereocenters. The molecule has 144 valence electrons. The summed E-state index contributed by atoms with van der Waals surface area (Å²) in [6.45, 7) is 0.892. The average molecular weight is 401 g/mol. The molecular formula is C21H17F2NO3S. The van der Waals surface area contributed by atoms with Gasteiger partial charge >= 0.3 is 0 Å². The summed E-state index contributed by atoms with van der Waals surface area (Å²) in [4.78, 5) is 12.5. The predicted molar refractivity (Wildman–Crippen MR) is 102 cm³/mol. The standard InChI is InChI=1S/C21H17F2NO3S/c1-14-10-16(15-6-5-7-17(22)11-15)12-19(21(14)23)20(25)13-24-28(26,27)18-8-3-2-4-9-18/h2-12,24H,13H2,1H3. The zero-order valence-electron chi connectivity index (χ0n) is 14.9. The lowest BCUT2D eigenvalue weighted by Crippen LogP contribution is -2.30. The van der Waals surface area contributed by atoms with Crippen LogP contribution < -0.4 is 4.72 Å². The molecule has 0 aliphatic rings. The van der Waals surface area contributed by atoms with Crippen molar-refractivity contribution in [2.45, 2.75) is 11.8 Å². The average Bonchev–Trinajstić information content (AvgIpc) is 2.69. The maximum Gasteiger partial charge on any atom is 0.240 e. The topological polar surface area (TPSA) is 63.2 Å². The molecule has 0 saturated carbocycles. The highest BCUT2D eigenvalue weighted by atomic mass is 32.2. The van der Waals surface area contributed by atoms with Crippen molar-refractivity contribution >= 4 is 15.8 Å². The van der Waals surface area contributed by atoms with Crippen LogP contribution in [0, 0.1) is 18.6 Å². The van der Waals surface area contributed by atoms with Crippen molar-refractivity contribution in [3.63, 3.8) is 0 Å². The molecule has 3 aromatic rings. The molecule has 0 radical (unpaired) electrons. The summed E-state index contributed by atoms with van der Waals surface area (Å²) in [5.74, 6) is -1.91. The van der Waals surface area contributed by atoms with E-state index in [4.69, 9.17) is 0 Å². The maximum absolute atomic E-state index is 14.5. The Hall–Kier alpha value is -2.90. The van der Waals surface area contributed by atoms with Gasteiger partial charge in [-0.1, -0.05) is 30.3 Å². The van der Waals surface area contributed by atoms with Gasteiger partial charge in [0.15, 0.2) is 5.78 Å². The number of rotatable bonds is 6. The summed E-state index contributed by atoms with van der Waals surface area (Å²) in [5.41, 5.74) is 0.903. The van der Waals surface area contributed by atoms with Crippen LogP contribution in [0.1, 0.15) is 15.9 Å². The van der Waals surface area contributed by atoms with Crippen LogP contribution in [0.15, 0.2) is 71.6 Å². The number of carbonyl (C=O) groups excluding carboxylic acids is 1. The Labute approximate surface area is 161 Å². The van der Waals surface area contributed by atoms with E-state index in [0.29, 0.717) is 11.1 Å². The summed E-state index contributed by atoms with van der Waals surface area (Å²) in [6, 6.07) is 16.1. The Morgan fingerprint density at radius 1 is 0.929 bits per heavy atom. The van der Waals surface area contributed by atoms with E-state index in [1.54, 1.807) is 24.3 Å². The van der Waals surface area contributed by atoms with E-state index < -0.39 is 34.0 Å². The van der Waals surface area contributed by atoms with Gasteiger partial charge < -0.3 is 0 Å². The van der Waals surface area contributed by atoms with Crippen LogP contribution in [0.25, 0.3) is 11.1 Å². The second-order valence-electron chi connectivity index (χ2n) is 6.23. The molecular weight excluding hydrogens is 384 g/mol. The van der Waals surface area contributed by atoms with E-state index in [1.165, 1.54) is 49.4 Å². The number of halogens is 2. The molecule has 0 fully saturated rings. The lowest BCUT2D eigenvalue weighted by Gasteiger charge is -2.11. The fourth-order valence-electron chi connectivity index (χ4n) is 2.75. The number of hydrogen-bond donors (Lipinski definition) is 1. The van der Waals surface area contributed by atoms with Crippen molar-refractivity contribution in [1.82, 2.24) is 4.72 Å². The third-order valence-corrected chi connectivity index (χ3v) is 5.61. The summed E-state index contributed by atoms with van der Waals surface area (Å²) in [7, 11) is -3.90. The maximum atomic E-state index is 14.5. The number of sulfonamides is 1. The lowest BCUT2D eigenvalue weighted by molar-refractivity contribution is 0.0993. The summed E-state index contributed by atoms with van der Waals surface area (Å²) in [5, 5.41) is 0. The van der Waals surface area contributed by atoms with Crippen molar-refractivity contribution in [2.75, 3.05) is 6.54 Å². The quantitative estimate of drug-likeness (QED) is 0.633. The number of carbonyl (C=O) groups is 1. The van der Waals surface area contributed by atoms with Crippen LogP contribution in [-0.4, -0.2) is 20.7 Å². The van der Waals surface area contributed by atoms with Crippen molar-refractivity contribution in [1.29, 1.82) is 0 Å². The number of ketones is 1. The van der Waals surface area contributed by atoms with Gasteiger partial charge in [0, 0.05) is 0 Å². The van der Waals surface area contributed by atoms with Crippen LogP contribution in [-0.2, 0) is 10.0 Å². The first-order valence-corrected chi connectivity index (χ1v) is 9.90. The number of aryl methyl sites for hydroxylation is 1. The molecule has 0 aliphatic carbocycles. The Morgan fingerprint density at radius 2 is 1.64 bits per heavy atom. The largest absolute Gasteiger partial charge is 0.293 e. The Bertz CT molecular complexity index is 1130. The van der Waals surface area contributed by atoms with E-state index in [9.17, 15) is 22.0 Å². The van der Waals surface area contributed by atoms with Crippen LogP contribution in [0.5, 0.6) is 0 Å². The minimum atomic E-state index is -3.90. The highest BCUT2D eigenvalue weighted by Crippen LogP contribution is 2.25. The van der Waals surface area contributed by atoms with Crippen LogP contribution in [0.2, 0.25) is 0 Å². The van der Waals surface area contributed by atoms with E-state index in [0.717, 1.165) is 0 Å². The molecule has 0 unspecified atom stereocenters. The SMILES string of the molecule is Cc1cc(-c2cccc(F)c2)cc(C(=O)CNS(=O)(=O)c2ccccc2)c1F. The van der Waals surface area contributed by atoms with Gasteiger partial charge in [0.25, 0.3) is 0 Å². The van der Waals surface area contributed by atoms with Crippen molar-refractivity contribution < 1.29 is 22.0 Å². The van der Waals surface area contributed by atoms with Gasteiger partial charge in [0.2, 0.25) is 10.0 Å². The molecule has 7 heteroatoms.